The maximum absolute atomic E-state index is 13.5. The number of rotatable bonds is 7. The average molecular weight is 526 g/mol. The molecular formula is C25H24ClN5O4S. The summed E-state index contributed by atoms with van der Waals surface area (Å²) in [6, 6.07) is 12.8. The molecule has 0 aliphatic heterocycles. The van der Waals surface area contributed by atoms with E-state index >= 15 is 0 Å². The molecule has 0 unspecified atom stereocenters. The van der Waals surface area contributed by atoms with Crippen LogP contribution < -0.4 is 16.2 Å². The van der Waals surface area contributed by atoms with Gasteiger partial charge in [0.15, 0.2) is 5.60 Å². The van der Waals surface area contributed by atoms with Crippen molar-refractivity contribution < 1.29 is 14.3 Å². The van der Waals surface area contributed by atoms with Crippen molar-refractivity contribution in [2.45, 2.75) is 39.8 Å². The van der Waals surface area contributed by atoms with E-state index in [0.29, 0.717) is 5.02 Å². The van der Waals surface area contributed by atoms with Crippen molar-refractivity contribution in [3.05, 3.63) is 74.6 Å². The fourth-order valence-electron chi connectivity index (χ4n) is 3.52. The van der Waals surface area contributed by atoms with Gasteiger partial charge in [0, 0.05) is 17.6 Å². The Morgan fingerprint density at radius 3 is 2.58 bits per heavy atom. The number of aromatic nitrogens is 3. The van der Waals surface area contributed by atoms with Gasteiger partial charge >= 0.3 is 5.97 Å². The second-order valence-electron chi connectivity index (χ2n) is 8.61. The number of esters is 1. The predicted molar refractivity (Wildman–Crippen MR) is 141 cm³/mol. The number of halogens is 1. The number of aryl methyl sites for hydroxylation is 1. The van der Waals surface area contributed by atoms with Gasteiger partial charge in [-0.2, -0.15) is 0 Å². The summed E-state index contributed by atoms with van der Waals surface area (Å²) in [6.07, 6.45) is 1.28. The van der Waals surface area contributed by atoms with Crippen LogP contribution in [0.5, 0.6) is 0 Å². The minimum Gasteiger partial charge on any atom is -0.450 e. The predicted octanol–water partition coefficient (Wildman–Crippen LogP) is 4.89. The van der Waals surface area contributed by atoms with Crippen LogP contribution in [0.4, 0.5) is 17.3 Å². The molecule has 11 heteroatoms. The lowest BCUT2D eigenvalue weighted by Crippen LogP contribution is -2.42. The van der Waals surface area contributed by atoms with E-state index in [1.165, 1.54) is 31.5 Å². The topological polar surface area (TPSA) is 115 Å². The van der Waals surface area contributed by atoms with Crippen LogP contribution in [0.1, 0.15) is 31.3 Å². The number of carbonyl (C=O) groups excluding carboxylic acids is 2. The molecule has 2 aromatic heterocycles. The van der Waals surface area contributed by atoms with E-state index in [-0.39, 0.29) is 18.2 Å². The standard InChI is InChI=1S/C25H24ClN5O4S/c1-14-28-19-10-9-18(11-21(19)36-14)29-24-27-12-20(30-23(34)25(3,4)35-15(2)32)22(33)31(24)13-16-5-7-17(26)8-6-16/h5-12H,13H2,1-4H3,(H,27,29)(H,30,34). The van der Waals surface area contributed by atoms with E-state index in [1.54, 1.807) is 35.6 Å². The minimum atomic E-state index is -1.47. The van der Waals surface area contributed by atoms with Crippen LogP contribution in [-0.2, 0) is 20.9 Å². The third-order valence-electron chi connectivity index (χ3n) is 5.25. The molecule has 0 fully saturated rings. The van der Waals surface area contributed by atoms with Crippen molar-refractivity contribution in [3.63, 3.8) is 0 Å². The summed E-state index contributed by atoms with van der Waals surface area (Å²) >= 11 is 7.58. The molecule has 0 saturated heterocycles. The van der Waals surface area contributed by atoms with E-state index in [1.807, 2.05) is 25.1 Å². The Balaban J connectivity index is 1.71. The highest BCUT2D eigenvalue weighted by molar-refractivity contribution is 7.18. The monoisotopic (exact) mass is 525 g/mol. The second-order valence-corrected chi connectivity index (χ2v) is 10.3. The van der Waals surface area contributed by atoms with Gasteiger partial charge in [-0.25, -0.2) is 9.97 Å². The average Bonchev–Trinajstić information content (AvgIpc) is 3.17. The van der Waals surface area contributed by atoms with Crippen LogP contribution in [0.2, 0.25) is 5.02 Å². The van der Waals surface area contributed by atoms with Gasteiger partial charge in [0.25, 0.3) is 11.5 Å². The first-order chi connectivity index (χ1) is 17.0. The fourth-order valence-corrected chi connectivity index (χ4v) is 4.51. The van der Waals surface area contributed by atoms with Crippen LogP contribution in [0.25, 0.3) is 10.2 Å². The Hall–Kier alpha value is -3.76. The molecule has 2 aromatic carbocycles. The molecule has 186 valence electrons. The number of carbonyl (C=O) groups is 2. The zero-order valence-electron chi connectivity index (χ0n) is 20.1. The smallest absolute Gasteiger partial charge is 0.303 e. The number of nitrogens with zero attached hydrogens (tertiary/aromatic N) is 3. The number of ether oxygens (including phenoxy) is 1. The van der Waals surface area contributed by atoms with Gasteiger partial charge in [0.05, 0.1) is 28.0 Å². The third-order valence-corrected chi connectivity index (χ3v) is 6.43. The molecule has 0 radical (unpaired) electrons. The van der Waals surface area contributed by atoms with Gasteiger partial charge in [-0.3, -0.25) is 19.0 Å². The number of fused-ring (bicyclic) bond motifs is 1. The van der Waals surface area contributed by atoms with Crippen molar-refractivity contribution >= 4 is 62.4 Å². The summed E-state index contributed by atoms with van der Waals surface area (Å²) in [4.78, 5) is 46.5. The molecule has 2 heterocycles. The molecule has 36 heavy (non-hydrogen) atoms. The number of thiazole rings is 1. The van der Waals surface area contributed by atoms with Crippen LogP contribution in [0.3, 0.4) is 0 Å². The summed E-state index contributed by atoms with van der Waals surface area (Å²) < 4.78 is 7.50. The van der Waals surface area contributed by atoms with Crippen molar-refractivity contribution in [1.82, 2.24) is 14.5 Å². The summed E-state index contributed by atoms with van der Waals surface area (Å²) in [6.45, 7) is 6.21. The molecule has 1 amide bonds. The Labute approximate surface area is 216 Å². The van der Waals surface area contributed by atoms with E-state index in [4.69, 9.17) is 16.3 Å². The molecule has 0 saturated carbocycles. The van der Waals surface area contributed by atoms with Crippen molar-refractivity contribution in [1.29, 1.82) is 0 Å². The van der Waals surface area contributed by atoms with Gasteiger partial charge in [-0.05, 0) is 56.7 Å². The lowest BCUT2D eigenvalue weighted by molar-refractivity contribution is -0.160. The lowest BCUT2D eigenvalue weighted by atomic mass is 10.1. The summed E-state index contributed by atoms with van der Waals surface area (Å²) in [5.41, 5.74) is 0.429. The summed E-state index contributed by atoms with van der Waals surface area (Å²) in [7, 11) is 0. The normalized spacial score (nSPS) is 11.4. The number of nitrogens with one attached hydrogen (secondary N) is 2. The number of amides is 1. The van der Waals surface area contributed by atoms with Crippen LogP contribution in [0, 0.1) is 6.92 Å². The fraction of sp³-hybridized carbons (Fsp3) is 0.240. The largest absolute Gasteiger partial charge is 0.450 e. The third kappa shape index (κ3) is 5.72. The molecule has 2 N–H and O–H groups in total. The van der Waals surface area contributed by atoms with E-state index < -0.39 is 23.0 Å². The van der Waals surface area contributed by atoms with Gasteiger partial charge in [-0.1, -0.05) is 23.7 Å². The maximum atomic E-state index is 13.5. The molecule has 0 atom stereocenters. The maximum Gasteiger partial charge on any atom is 0.303 e. The zero-order chi connectivity index (χ0) is 26.0. The van der Waals surface area contributed by atoms with Crippen molar-refractivity contribution in [2.75, 3.05) is 10.6 Å². The Bertz CT molecular complexity index is 1510. The lowest BCUT2D eigenvalue weighted by Gasteiger charge is -2.23. The van der Waals surface area contributed by atoms with Crippen LogP contribution >= 0.6 is 22.9 Å². The first-order valence-corrected chi connectivity index (χ1v) is 12.2. The molecule has 9 nitrogen and oxygen atoms in total. The number of anilines is 3. The van der Waals surface area contributed by atoms with Crippen molar-refractivity contribution in [2.24, 2.45) is 0 Å². The molecule has 0 spiro atoms. The molecule has 0 aliphatic rings. The van der Waals surface area contributed by atoms with Gasteiger partial charge in [-0.15, -0.1) is 11.3 Å². The quantitative estimate of drug-likeness (QED) is 0.330. The van der Waals surface area contributed by atoms with Gasteiger partial charge < -0.3 is 15.4 Å². The second kappa shape index (κ2) is 10.1. The summed E-state index contributed by atoms with van der Waals surface area (Å²) in [5.74, 6) is -0.977. The van der Waals surface area contributed by atoms with E-state index in [2.05, 4.69) is 20.6 Å². The molecule has 0 aliphatic carbocycles. The highest BCUT2D eigenvalue weighted by Crippen LogP contribution is 2.26. The highest BCUT2D eigenvalue weighted by Gasteiger charge is 2.32. The number of hydrogen-bond acceptors (Lipinski definition) is 8. The highest BCUT2D eigenvalue weighted by atomic mass is 35.5. The molecule has 0 bridgehead atoms. The van der Waals surface area contributed by atoms with E-state index in [9.17, 15) is 14.4 Å². The van der Waals surface area contributed by atoms with Crippen molar-refractivity contribution in [3.8, 4) is 0 Å². The Morgan fingerprint density at radius 1 is 1.17 bits per heavy atom. The van der Waals surface area contributed by atoms with Gasteiger partial charge in [0.1, 0.15) is 5.69 Å². The van der Waals surface area contributed by atoms with Crippen LogP contribution in [0.15, 0.2) is 53.5 Å². The number of benzene rings is 2. The Kier molecular flexibility index (Phi) is 7.09. The molecular weight excluding hydrogens is 502 g/mol. The van der Waals surface area contributed by atoms with Crippen LogP contribution in [-0.4, -0.2) is 32.0 Å². The summed E-state index contributed by atoms with van der Waals surface area (Å²) in [5, 5.41) is 7.28. The van der Waals surface area contributed by atoms with E-state index in [0.717, 1.165) is 26.5 Å². The SMILES string of the molecule is CC(=O)OC(C)(C)C(=O)Nc1cnc(Nc2ccc3nc(C)sc3c2)n(Cc2ccc(Cl)cc2)c1=O. The first-order valence-electron chi connectivity index (χ1n) is 11.0. The molecule has 4 aromatic rings. The first kappa shape index (κ1) is 25.3. The minimum absolute atomic E-state index is 0.0479. The molecule has 4 rings (SSSR count). The Morgan fingerprint density at radius 2 is 1.89 bits per heavy atom. The van der Waals surface area contributed by atoms with Gasteiger partial charge in [0.2, 0.25) is 5.95 Å². The zero-order valence-corrected chi connectivity index (χ0v) is 21.7. The number of hydrogen-bond donors (Lipinski definition) is 2.